The largest absolute Gasteiger partial charge is 0.353 e. The Morgan fingerprint density at radius 3 is 2.38 bits per heavy atom. The van der Waals surface area contributed by atoms with Crippen molar-refractivity contribution in [2.24, 2.45) is 11.7 Å². The number of anilines is 1. The van der Waals surface area contributed by atoms with Crippen LogP contribution < -0.4 is 10.6 Å². The first-order chi connectivity index (χ1) is 9.49. The van der Waals surface area contributed by atoms with Gasteiger partial charge >= 0.3 is 0 Å². The van der Waals surface area contributed by atoms with Gasteiger partial charge in [-0.2, -0.15) is 0 Å². The molecule has 1 saturated heterocycles. The lowest BCUT2D eigenvalue weighted by Gasteiger charge is -2.37. The standard InChI is InChI=1S/C14H21FN4O.ClH/c1-10(2)13(16)14(20)19-7-5-18(6-8-19)12-4-3-11(15)9-17-12;/h3-4,9-10,13H,5-8,16H2,1-2H3;1H/t13-;/m0./s1. The second kappa shape index (κ2) is 7.56. The van der Waals surface area contributed by atoms with Gasteiger partial charge in [-0.15, -0.1) is 12.4 Å². The van der Waals surface area contributed by atoms with E-state index in [1.807, 2.05) is 18.7 Å². The zero-order chi connectivity index (χ0) is 14.7. The lowest BCUT2D eigenvalue weighted by Crippen LogP contribution is -2.54. The van der Waals surface area contributed by atoms with Crippen LogP contribution in [0.25, 0.3) is 0 Å². The summed E-state index contributed by atoms with van der Waals surface area (Å²) in [5, 5.41) is 0. The first-order valence-electron chi connectivity index (χ1n) is 6.90. The predicted octanol–water partition coefficient (Wildman–Crippen LogP) is 1.27. The third-order valence-electron chi connectivity index (χ3n) is 3.63. The normalized spacial score (nSPS) is 16.6. The fourth-order valence-electron chi connectivity index (χ4n) is 2.21. The van der Waals surface area contributed by atoms with E-state index in [2.05, 4.69) is 4.98 Å². The molecule has 2 N–H and O–H groups in total. The first kappa shape index (κ1) is 17.7. The molecule has 1 atom stereocenters. The van der Waals surface area contributed by atoms with Gasteiger partial charge in [0.2, 0.25) is 5.91 Å². The van der Waals surface area contributed by atoms with Gasteiger partial charge in [0, 0.05) is 26.2 Å². The molecule has 1 aromatic rings. The molecule has 0 spiro atoms. The molecule has 0 radical (unpaired) electrons. The second-order valence-corrected chi connectivity index (χ2v) is 5.42. The van der Waals surface area contributed by atoms with Crippen molar-refractivity contribution in [3.63, 3.8) is 0 Å². The van der Waals surface area contributed by atoms with E-state index in [4.69, 9.17) is 5.73 Å². The summed E-state index contributed by atoms with van der Waals surface area (Å²) in [6.07, 6.45) is 1.21. The van der Waals surface area contributed by atoms with Crippen LogP contribution in [0.4, 0.5) is 10.2 Å². The molecule has 1 aliphatic heterocycles. The number of nitrogens with zero attached hydrogens (tertiary/aromatic N) is 3. The Kier molecular flexibility index (Phi) is 6.36. The van der Waals surface area contributed by atoms with Crippen LogP contribution in [0, 0.1) is 11.7 Å². The number of aromatic nitrogens is 1. The lowest BCUT2D eigenvalue weighted by molar-refractivity contribution is -0.133. The van der Waals surface area contributed by atoms with E-state index in [1.165, 1.54) is 12.3 Å². The van der Waals surface area contributed by atoms with Gasteiger partial charge in [-0.25, -0.2) is 9.37 Å². The third kappa shape index (κ3) is 4.28. The van der Waals surface area contributed by atoms with Crippen LogP contribution in [0.5, 0.6) is 0 Å². The summed E-state index contributed by atoms with van der Waals surface area (Å²) in [7, 11) is 0. The summed E-state index contributed by atoms with van der Waals surface area (Å²) in [4.78, 5) is 20.0. The van der Waals surface area contributed by atoms with Gasteiger partial charge in [0.25, 0.3) is 0 Å². The highest BCUT2D eigenvalue weighted by Crippen LogP contribution is 2.14. The molecule has 5 nitrogen and oxygen atoms in total. The van der Waals surface area contributed by atoms with Gasteiger partial charge in [0.15, 0.2) is 0 Å². The topological polar surface area (TPSA) is 62.5 Å². The Bertz CT molecular complexity index is 461. The van der Waals surface area contributed by atoms with E-state index in [0.29, 0.717) is 26.2 Å². The van der Waals surface area contributed by atoms with Crippen LogP contribution in [-0.2, 0) is 4.79 Å². The Morgan fingerprint density at radius 1 is 1.29 bits per heavy atom. The van der Waals surface area contributed by atoms with Crippen LogP contribution in [0.2, 0.25) is 0 Å². The molecule has 21 heavy (non-hydrogen) atoms. The van der Waals surface area contributed by atoms with Gasteiger partial charge in [-0.1, -0.05) is 13.8 Å². The monoisotopic (exact) mass is 316 g/mol. The average Bonchev–Trinajstić information content (AvgIpc) is 2.46. The molecular formula is C14H22ClFN4O. The number of carbonyl (C=O) groups excluding carboxylic acids is 1. The molecule has 1 amide bonds. The van der Waals surface area contributed by atoms with Crippen molar-refractivity contribution in [1.29, 1.82) is 0 Å². The molecule has 2 heterocycles. The summed E-state index contributed by atoms with van der Waals surface area (Å²) < 4.78 is 12.8. The highest BCUT2D eigenvalue weighted by Gasteiger charge is 2.27. The van der Waals surface area contributed by atoms with E-state index in [9.17, 15) is 9.18 Å². The van der Waals surface area contributed by atoms with Crippen molar-refractivity contribution >= 4 is 24.1 Å². The van der Waals surface area contributed by atoms with Gasteiger partial charge in [0.1, 0.15) is 11.6 Å². The van der Waals surface area contributed by atoms with Crippen molar-refractivity contribution in [2.75, 3.05) is 31.1 Å². The fourth-order valence-corrected chi connectivity index (χ4v) is 2.21. The van der Waals surface area contributed by atoms with Crippen LogP contribution in [0.15, 0.2) is 18.3 Å². The Balaban J connectivity index is 0.00000220. The van der Waals surface area contributed by atoms with E-state index in [-0.39, 0.29) is 30.0 Å². The molecule has 0 bridgehead atoms. The zero-order valence-corrected chi connectivity index (χ0v) is 13.1. The summed E-state index contributed by atoms with van der Waals surface area (Å²) >= 11 is 0. The Hall–Kier alpha value is -1.40. The Morgan fingerprint density at radius 2 is 1.90 bits per heavy atom. The molecule has 1 aliphatic rings. The van der Waals surface area contributed by atoms with E-state index in [1.54, 1.807) is 11.0 Å². The molecule has 1 aromatic heterocycles. The third-order valence-corrected chi connectivity index (χ3v) is 3.63. The lowest BCUT2D eigenvalue weighted by atomic mass is 10.0. The molecule has 0 unspecified atom stereocenters. The minimum absolute atomic E-state index is 0. The zero-order valence-electron chi connectivity index (χ0n) is 12.3. The smallest absolute Gasteiger partial charge is 0.239 e. The van der Waals surface area contributed by atoms with E-state index >= 15 is 0 Å². The minimum atomic E-state index is -0.439. The quantitative estimate of drug-likeness (QED) is 0.912. The molecule has 0 aliphatic carbocycles. The van der Waals surface area contributed by atoms with Gasteiger partial charge in [0.05, 0.1) is 12.2 Å². The van der Waals surface area contributed by atoms with Crippen LogP contribution >= 0.6 is 12.4 Å². The number of amides is 1. The van der Waals surface area contributed by atoms with E-state index < -0.39 is 6.04 Å². The van der Waals surface area contributed by atoms with Gasteiger partial charge in [-0.3, -0.25) is 4.79 Å². The number of carbonyl (C=O) groups is 1. The fraction of sp³-hybridized carbons (Fsp3) is 0.571. The average molecular weight is 317 g/mol. The number of piperazine rings is 1. The number of nitrogens with two attached hydrogens (primary N) is 1. The van der Waals surface area contributed by atoms with E-state index in [0.717, 1.165) is 5.82 Å². The number of rotatable bonds is 3. The van der Waals surface area contributed by atoms with Crippen molar-refractivity contribution in [1.82, 2.24) is 9.88 Å². The second-order valence-electron chi connectivity index (χ2n) is 5.42. The number of hydrogen-bond acceptors (Lipinski definition) is 4. The first-order valence-corrected chi connectivity index (χ1v) is 6.90. The minimum Gasteiger partial charge on any atom is -0.353 e. The van der Waals surface area contributed by atoms with Crippen molar-refractivity contribution in [3.8, 4) is 0 Å². The summed E-state index contributed by atoms with van der Waals surface area (Å²) in [5.74, 6) is 0.545. The number of pyridine rings is 1. The predicted molar refractivity (Wildman–Crippen MR) is 83.0 cm³/mol. The molecule has 2 rings (SSSR count). The summed E-state index contributed by atoms with van der Waals surface area (Å²) in [6, 6.07) is 2.62. The highest BCUT2D eigenvalue weighted by atomic mass is 35.5. The molecule has 118 valence electrons. The molecule has 0 saturated carbocycles. The number of hydrogen-bond donors (Lipinski definition) is 1. The van der Waals surface area contributed by atoms with Crippen LogP contribution in [0.1, 0.15) is 13.8 Å². The van der Waals surface area contributed by atoms with Crippen molar-refractivity contribution in [3.05, 3.63) is 24.1 Å². The van der Waals surface area contributed by atoms with Gasteiger partial charge in [-0.05, 0) is 18.1 Å². The van der Waals surface area contributed by atoms with Gasteiger partial charge < -0.3 is 15.5 Å². The molecule has 1 fully saturated rings. The highest BCUT2D eigenvalue weighted by molar-refractivity contribution is 5.85. The maximum Gasteiger partial charge on any atom is 0.239 e. The number of halogens is 2. The summed E-state index contributed by atoms with van der Waals surface area (Å²) in [5.41, 5.74) is 5.89. The van der Waals surface area contributed by atoms with Crippen molar-refractivity contribution < 1.29 is 9.18 Å². The SMILES string of the molecule is CC(C)[C@H](N)C(=O)N1CCN(c2ccc(F)cn2)CC1.Cl. The van der Waals surface area contributed by atoms with Crippen LogP contribution in [-0.4, -0.2) is 48.0 Å². The maximum atomic E-state index is 12.8. The molecular weight excluding hydrogens is 295 g/mol. The van der Waals surface area contributed by atoms with Crippen molar-refractivity contribution in [2.45, 2.75) is 19.9 Å². The maximum absolute atomic E-state index is 12.8. The Labute approximate surface area is 130 Å². The van der Waals surface area contributed by atoms with Crippen LogP contribution in [0.3, 0.4) is 0 Å². The molecule has 7 heteroatoms. The summed E-state index contributed by atoms with van der Waals surface area (Å²) in [6.45, 7) is 6.52. The molecule has 0 aromatic carbocycles.